The number of hydrogen-bond acceptors (Lipinski definition) is 6. The predicted molar refractivity (Wildman–Crippen MR) is 105 cm³/mol. The molecule has 2 aromatic rings. The molecule has 28 heavy (non-hydrogen) atoms. The van der Waals surface area contributed by atoms with Crippen LogP contribution >= 0.6 is 0 Å². The summed E-state index contributed by atoms with van der Waals surface area (Å²) in [6.45, 7) is 5.17. The monoisotopic (exact) mass is 380 g/mol. The summed E-state index contributed by atoms with van der Waals surface area (Å²) in [5.74, 6) is 2.07. The van der Waals surface area contributed by atoms with Gasteiger partial charge in [0.25, 0.3) is 5.91 Å². The zero-order valence-corrected chi connectivity index (χ0v) is 16.0. The van der Waals surface area contributed by atoms with Crippen LogP contribution in [0.5, 0.6) is 11.5 Å². The van der Waals surface area contributed by atoms with Gasteiger partial charge in [-0.3, -0.25) is 4.79 Å². The van der Waals surface area contributed by atoms with Crippen molar-refractivity contribution in [2.45, 2.75) is 13.3 Å². The van der Waals surface area contributed by atoms with Gasteiger partial charge in [-0.15, -0.1) is 0 Å². The van der Waals surface area contributed by atoms with Crippen LogP contribution in [0.3, 0.4) is 0 Å². The number of amides is 1. The molecular weight excluding hydrogens is 356 g/mol. The number of nitrogens with zero attached hydrogens (tertiary/aromatic N) is 4. The first-order chi connectivity index (χ1) is 13.7. The molecule has 0 spiro atoms. The number of hydrogen-bond donors (Lipinski definition) is 0. The number of ether oxygens (including phenoxy) is 2. The molecule has 1 fully saturated rings. The zero-order chi connectivity index (χ0) is 19.8. The lowest BCUT2D eigenvalue weighted by atomic mass is 10.2. The number of anilines is 1. The highest BCUT2D eigenvalue weighted by Crippen LogP contribution is 2.19. The van der Waals surface area contributed by atoms with E-state index in [1.54, 1.807) is 35.4 Å². The Balaban J connectivity index is 1.47. The third-order valence-electron chi connectivity index (χ3n) is 4.50. The molecule has 3 rings (SSSR count). The highest BCUT2D eigenvalue weighted by molar-refractivity contribution is 5.78. The van der Waals surface area contributed by atoms with Gasteiger partial charge < -0.3 is 19.3 Å². The SMILES string of the molecule is CCCOc1ccc(OCC(=O)N2CCN(c3ncccc3C#N)CC2)cc1. The Kier molecular flexibility index (Phi) is 6.68. The normalized spacial score (nSPS) is 13.7. The van der Waals surface area contributed by atoms with Gasteiger partial charge in [-0.2, -0.15) is 5.26 Å². The van der Waals surface area contributed by atoms with Crippen LogP contribution < -0.4 is 14.4 Å². The van der Waals surface area contributed by atoms with Gasteiger partial charge in [0.1, 0.15) is 23.4 Å². The standard InChI is InChI=1S/C21H24N4O3/c1-2-14-27-18-5-7-19(8-6-18)28-16-20(26)24-10-12-25(13-11-24)21-17(15-22)4-3-9-23-21/h3-9H,2,10-14,16H2,1H3. The fraction of sp³-hybridized carbons (Fsp3) is 0.381. The van der Waals surface area contributed by atoms with Crippen LogP contribution in [0, 0.1) is 11.3 Å². The third-order valence-corrected chi connectivity index (χ3v) is 4.50. The predicted octanol–water partition coefficient (Wildman–Crippen LogP) is 2.47. The van der Waals surface area contributed by atoms with Crippen LogP contribution in [-0.2, 0) is 4.79 Å². The second-order valence-electron chi connectivity index (χ2n) is 6.46. The van der Waals surface area contributed by atoms with Crippen LogP contribution in [0.25, 0.3) is 0 Å². The quantitative estimate of drug-likeness (QED) is 0.734. The Labute approximate surface area is 165 Å². The highest BCUT2D eigenvalue weighted by Gasteiger charge is 2.23. The number of aromatic nitrogens is 1. The molecule has 1 saturated heterocycles. The molecule has 0 atom stereocenters. The van der Waals surface area contributed by atoms with Crippen molar-refractivity contribution in [1.29, 1.82) is 5.26 Å². The van der Waals surface area contributed by atoms with E-state index in [-0.39, 0.29) is 12.5 Å². The first kappa shape index (κ1) is 19.5. The summed E-state index contributed by atoms with van der Waals surface area (Å²) in [7, 11) is 0. The van der Waals surface area contributed by atoms with E-state index in [1.165, 1.54) is 0 Å². The van der Waals surface area contributed by atoms with Crippen LogP contribution in [0.4, 0.5) is 5.82 Å². The molecule has 1 aromatic heterocycles. The fourth-order valence-corrected chi connectivity index (χ4v) is 2.99. The maximum absolute atomic E-state index is 12.4. The van der Waals surface area contributed by atoms with Crippen molar-refractivity contribution in [2.75, 3.05) is 44.3 Å². The van der Waals surface area contributed by atoms with Gasteiger partial charge in [0.15, 0.2) is 6.61 Å². The van der Waals surface area contributed by atoms with Crippen LogP contribution in [0.1, 0.15) is 18.9 Å². The highest BCUT2D eigenvalue weighted by atomic mass is 16.5. The smallest absolute Gasteiger partial charge is 0.260 e. The molecule has 1 amide bonds. The van der Waals surface area contributed by atoms with E-state index in [0.29, 0.717) is 49.9 Å². The minimum Gasteiger partial charge on any atom is -0.494 e. The minimum absolute atomic E-state index is 0.00218. The van der Waals surface area contributed by atoms with Gasteiger partial charge >= 0.3 is 0 Å². The summed E-state index contributed by atoms with van der Waals surface area (Å²) in [6, 6.07) is 13.0. The largest absolute Gasteiger partial charge is 0.494 e. The van der Waals surface area contributed by atoms with Crippen LogP contribution in [-0.4, -0.2) is 55.2 Å². The van der Waals surface area contributed by atoms with Crippen molar-refractivity contribution < 1.29 is 14.3 Å². The average molecular weight is 380 g/mol. The second-order valence-corrected chi connectivity index (χ2v) is 6.46. The van der Waals surface area contributed by atoms with E-state index in [4.69, 9.17) is 9.47 Å². The summed E-state index contributed by atoms with van der Waals surface area (Å²) < 4.78 is 11.1. The van der Waals surface area contributed by atoms with Gasteiger partial charge in [-0.25, -0.2) is 4.98 Å². The maximum Gasteiger partial charge on any atom is 0.260 e. The van der Waals surface area contributed by atoms with Crippen molar-refractivity contribution in [3.63, 3.8) is 0 Å². The zero-order valence-electron chi connectivity index (χ0n) is 16.0. The van der Waals surface area contributed by atoms with E-state index in [1.807, 2.05) is 17.0 Å². The number of benzene rings is 1. The number of piperazine rings is 1. The third kappa shape index (κ3) is 4.92. The van der Waals surface area contributed by atoms with E-state index in [0.717, 1.165) is 12.2 Å². The van der Waals surface area contributed by atoms with Gasteiger partial charge in [-0.1, -0.05) is 6.92 Å². The molecule has 1 aliphatic rings. The lowest BCUT2D eigenvalue weighted by Gasteiger charge is -2.35. The van der Waals surface area contributed by atoms with Crippen molar-refractivity contribution in [1.82, 2.24) is 9.88 Å². The second kappa shape index (κ2) is 9.60. The Bertz CT molecular complexity index is 824. The van der Waals surface area contributed by atoms with Gasteiger partial charge in [-0.05, 0) is 42.8 Å². The lowest BCUT2D eigenvalue weighted by Crippen LogP contribution is -2.50. The van der Waals surface area contributed by atoms with Crippen molar-refractivity contribution in [3.8, 4) is 17.6 Å². The molecule has 0 unspecified atom stereocenters. The van der Waals surface area contributed by atoms with Crippen LogP contribution in [0.2, 0.25) is 0 Å². The molecule has 0 saturated carbocycles. The molecule has 0 radical (unpaired) electrons. The number of rotatable bonds is 7. The summed E-state index contributed by atoms with van der Waals surface area (Å²) in [5, 5.41) is 9.22. The Morgan fingerprint density at radius 2 is 1.79 bits per heavy atom. The molecule has 146 valence electrons. The molecule has 7 heteroatoms. The summed E-state index contributed by atoms with van der Waals surface area (Å²) in [4.78, 5) is 20.6. The van der Waals surface area contributed by atoms with E-state index >= 15 is 0 Å². The maximum atomic E-state index is 12.4. The molecule has 1 aromatic carbocycles. The molecule has 1 aliphatic heterocycles. The lowest BCUT2D eigenvalue weighted by molar-refractivity contribution is -0.133. The summed E-state index contributed by atoms with van der Waals surface area (Å²) >= 11 is 0. The number of carbonyl (C=O) groups is 1. The Hall–Kier alpha value is -3.27. The number of pyridine rings is 1. The number of nitriles is 1. The van der Waals surface area contributed by atoms with Gasteiger partial charge in [0, 0.05) is 32.4 Å². The minimum atomic E-state index is -0.0486. The first-order valence-corrected chi connectivity index (χ1v) is 9.44. The van der Waals surface area contributed by atoms with Gasteiger partial charge in [0.05, 0.1) is 12.2 Å². The fourth-order valence-electron chi connectivity index (χ4n) is 2.99. The molecule has 0 N–H and O–H groups in total. The molecule has 0 bridgehead atoms. The van der Waals surface area contributed by atoms with E-state index in [9.17, 15) is 10.1 Å². The molecule has 2 heterocycles. The molecular formula is C21H24N4O3. The molecule has 0 aliphatic carbocycles. The topological polar surface area (TPSA) is 78.7 Å². The summed E-state index contributed by atoms with van der Waals surface area (Å²) in [5.41, 5.74) is 0.553. The van der Waals surface area contributed by atoms with Crippen molar-refractivity contribution in [3.05, 3.63) is 48.2 Å². The molecule has 7 nitrogen and oxygen atoms in total. The Morgan fingerprint density at radius 1 is 1.11 bits per heavy atom. The van der Waals surface area contributed by atoms with Crippen LogP contribution in [0.15, 0.2) is 42.6 Å². The Morgan fingerprint density at radius 3 is 2.43 bits per heavy atom. The van der Waals surface area contributed by atoms with Gasteiger partial charge in [0.2, 0.25) is 0 Å². The summed E-state index contributed by atoms with van der Waals surface area (Å²) in [6.07, 6.45) is 2.64. The van der Waals surface area contributed by atoms with E-state index < -0.39 is 0 Å². The van der Waals surface area contributed by atoms with E-state index in [2.05, 4.69) is 18.0 Å². The van der Waals surface area contributed by atoms with Crippen molar-refractivity contribution in [2.24, 2.45) is 0 Å². The first-order valence-electron chi connectivity index (χ1n) is 9.44. The van der Waals surface area contributed by atoms with Crippen molar-refractivity contribution >= 4 is 11.7 Å². The average Bonchev–Trinajstić information content (AvgIpc) is 2.76. The number of carbonyl (C=O) groups excluding carboxylic acids is 1.